The van der Waals surface area contributed by atoms with Crippen LogP contribution in [0.1, 0.15) is 12.1 Å². The molecule has 1 aromatic carbocycles. The third-order valence-electron chi connectivity index (χ3n) is 2.42. The van der Waals surface area contributed by atoms with Crippen molar-refractivity contribution in [2.75, 3.05) is 7.11 Å². The van der Waals surface area contributed by atoms with Gasteiger partial charge in [0.05, 0.1) is 25.1 Å². The minimum absolute atomic E-state index is 0.439. The fraction of sp³-hybridized carbons (Fsp3) is 0.250. The molecule has 0 aliphatic carbocycles. The maximum Gasteiger partial charge on any atom is 0.144 e. The van der Waals surface area contributed by atoms with Crippen molar-refractivity contribution in [3.05, 3.63) is 34.6 Å². The first-order valence-corrected chi connectivity index (χ1v) is 6.16. The number of rotatable bonds is 4. The molecule has 2 aromatic rings. The average molecular weight is 307 g/mol. The molecule has 0 radical (unpaired) electrons. The molecule has 1 heterocycles. The number of methoxy groups -OCH3 is 1. The second-order valence-corrected chi connectivity index (χ2v) is 4.54. The van der Waals surface area contributed by atoms with E-state index >= 15 is 0 Å². The van der Waals surface area contributed by atoms with Gasteiger partial charge in [-0.05, 0) is 18.2 Å². The fourth-order valence-corrected chi connectivity index (χ4v) is 1.91. The Morgan fingerprint density at radius 3 is 3.06 bits per heavy atom. The van der Waals surface area contributed by atoms with E-state index in [-0.39, 0.29) is 0 Å². The summed E-state index contributed by atoms with van der Waals surface area (Å²) in [5, 5.41) is 16.6. The lowest BCUT2D eigenvalue weighted by Gasteiger charge is -2.07. The average Bonchev–Trinajstić information content (AvgIpc) is 2.85. The highest BCUT2D eigenvalue weighted by atomic mass is 79.9. The van der Waals surface area contributed by atoms with Crippen molar-refractivity contribution in [1.29, 1.82) is 5.26 Å². The van der Waals surface area contributed by atoms with E-state index in [1.54, 1.807) is 11.8 Å². The second kappa shape index (κ2) is 5.65. The maximum absolute atomic E-state index is 8.54. The second-order valence-electron chi connectivity index (χ2n) is 3.63. The summed E-state index contributed by atoms with van der Waals surface area (Å²) >= 11 is 3.41. The predicted molar refractivity (Wildman–Crippen MR) is 69.5 cm³/mol. The highest BCUT2D eigenvalue weighted by Gasteiger charge is 2.08. The Hall–Kier alpha value is -1.87. The smallest absolute Gasteiger partial charge is 0.144 e. The van der Waals surface area contributed by atoms with Crippen LogP contribution in [-0.2, 0) is 6.42 Å². The molecule has 6 heteroatoms. The van der Waals surface area contributed by atoms with Gasteiger partial charge in [0.1, 0.15) is 11.4 Å². The van der Waals surface area contributed by atoms with Crippen molar-refractivity contribution in [2.24, 2.45) is 0 Å². The van der Waals surface area contributed by atoms with Crippen LogP contribution < -0.4 is 4.74 Å². The molecule has 0 amide bonds. The third kappa shape index (κ3) is 2.68. The van der Waals surface area contributed by atoms with Gasteiger partial charge in [-0.25, -0.2) is 4.68 Å². The van der Waals surface area contributed by atoms with Crippen molar-refractivity contribution in [3.8, 4) is 17.5 Å². The Balaban J connectivity index is 2.33. The molecular weight excluding hydrogens is 296 g/mol. The molecule has 0 aliphatic rings. The monoisotopic (exact) mass is 306 g/mol. The van der Waals surface area contributed by atoms with Crippen molar-refractivity contribution >= 4 is 15.9 Å². The van der Waals surface area contributed by atoms with E-state index in [2.05, 4.69) is 32.3 Å². The van der Waals surface area contributed by atoms with Gasteiger partial charge >= 0.3 is 0 Å². The minimum atomic E-state index is 0.439. The zero-order valence-corrected chi connectivity index (χ0v) is 11.4. The molecule has 0 saturated heterocycles. The summed E-state index contributed by atoms with van der Waals surface area (Å²) in [6, 6.07) is 7.75. The number of hydrogen-bond acceptors (Lipinski definition) is 4. The van der Waals surface area contributed by atoms with E-state index in [9.17, 15) is 0 Å². The lowest BCUT2D eigenvalue weighted by atomic mass is 10.2. The normalized spacial score (nSPS) is 10.1. The number of nitrogens with zero attached hydrogens (tertiary/aromatic N) is 4. The number of aryl methyl sites for hydroxylation is 1. The van der Waals surface area contributed by atoms with Gasteiger partial charge in [0.15, 0.2) is 0 Å². The Kier molecular flexibility index (Phi) is 3.95. The summed E-state index contributed by atoms with van der Waals surface area (Å²) in [7, 11) is 1.61. The Bertz CT molecular complexity index is 588. The Morgan fingerprint density at radius 1 is 1.50 bits per heavy atom. The zero-order valence-electron chi connectivity index (χ0n) is 9.80. The molecule has 0 N–H and O–H groups in total. The number of ether oxygens (including phenoxy) is 1. The summed E-state index contributed by atoms with van der Waals surface area (Å²) in [4.78, 5) is 0. The summed E-state index contributed by atoms with van der Waals surface area (Å²) < 4.78 is 7.87. The molecule has 1 aromatic heterocycles. The molecule has 5 nitrogen and oxygen atoms in total. The molecule has 0 bridgehead atoms. The minimum Gasteiger partial charge on any atom is -0.494 e. The standard InChI is InChI=1S/C12H11BrN4O/c1-18-12-5-4-9(13)7-11(12)17-8-10(15-16-17)3-2-6-14/h4-5,7-8H,2-3H2,1H3. The fourth-order valence-electron chi connectivity index (χ4n) is 1.56. The Morgan fingerprint density at radius 2 is 2.33 bits per heavy atom. The first-order chi connectivity index (χ1) is 8.74. The molecule has 0 unspecified atom stereocenters. The molecule has 0 aliphatic heterocycles. The van der Waals surface area contributed by atoms with Crippen molar-refractivity contribution in [1.82, 2.24) is 15.0 Å². The number of hydrogen-bond donors (Lipinski definition) is 0. The highest BCUT2D eigenvalue weighted by molar-refractivity contribution is 9.10. The third-order valence-corrected chi connectivity index (χ3v) is 2.91. The lowest BCUT2D eigenvalue weighted by Crippen LogP contribution is -1.98. The van der Waals surface area contributed by atoms with Crippen LogP contribution in [0.2, 0.25) is 0 Å². The number of aromatic nitrogens is 3. The lowest BCUT2D eigenvalue weighted by molar-refractivity contribution is 0.411. The van der Waals surface area contributed by atoms with Gasteiger partial charge in [0.25, 0.3) is 0 Å². The van der Waals surface area contributed by atoms with E-state index in [1.807, 2.05) is 24.4 Å². The van der Waals surface area contributed by atoms with Crippen LogP contribution in [-0.4, -0.2) is 22.1 Å². The van der Waals surface area contributed by atoms with E-state index in [4.69, 9.17) is 10.00 Å². The first-order valence-electron chi connectivity index (χ1n) is 5.36. The van der Waals surface area contributed by atoms with E-state index in [0.29, 0.717) is 12.8 Å². The van der Waals surface area contributed by atoms with Crippen LogP contribution in [0.5, 0.6) is 5.75 Å². The number of nitriles is 1. The first kappa shape index (κ1) is 12.6. The summed E-state index contributed by atoms with van der Waals surface area (Å²) in [5.74, 6) is 0.718. The number of benzene rings is 1. The van der Waals surface area contributed by atoms with E-state index in [0.717, 1.165) is 21.6 Å². The van der Waals surface area contributed by atoms with Crippen LogP contribution in [0, 0.1) is 11.3 Å². The van der Waals surface area contributed by atoms with Gasteiger partial charge in [-0.2, -0.15) is 5.26 Å². The molecule has 2 rings (SSSR count). The van der Waals surface area contributed by atoms with Crippen LogP contribution in [0.15, 0.2) is 28.9 Å². The van der Waals surface area contributed by atoms with E-state index in [1.165, 1.54) is 0 Å². The molecule has 0 atom stereocenters. The van der Waals surface area contributed by atoms with Crippen molar-refractivity contribution < 1.29 is 4.74 Å². The van der Waals surface area contributed by atoms with E-state index < -0.39 is 0 Å². The van der Waals surface area contributed by atoms with Crippen LogP contribution in [0.3, 0.4) is 0 Å². The number of halogens is 1. The molecule has 0 fully saturated rings. The summed E-state index contributed by atoms with van der Waals surface area (Å²) in [5.41, 5.74) is 1.60. The molecule has 0 saturated carbocycles. The van der Waals surface area contributed by atoms with Gasteiger partial charge in [0.2, 0.25) is 0 Å². The molecule has 0 spiro atoms. The summed E-state index contributed by atoms with van der Waals surface area (Å²) in [6.45, 7) is 0. The van der Waals surface area contributed by atoms with Gasteiger partial charge in [-0.15, -0.1) is 5.10 Å². The van der Waals surface area contributed by atoms with Gasteiger partial charge in [-0.1, -0.05) is 21.1 Å². The van der Waals surface area contributed by atoms with Gasteiger partial charge in [-0.3, -0.25) is 0 Å². The van der Waals surface area contributed by atoms with Crippen molar-refractivity contribution in [3.63, 3.8) is 0 Å². The summed E-state index contributed by atoms with van der Waals surface area (Å²) in [6.07, 6.45) is 2.85. The molecule has 92 valence electrons. The quantitative estimate of drug-likeness (QED) is 0.870. The SMILES string of the molecule is COc1ccc(Br)cc1-n1cc(CCC#N)nn1. The van der Waals surface area contributed by atoms with Crippen LogP contribution >= 0.6 is 15.9 Å². The highest BCUT2D eigenvalue weighted by Crippen LogP contribution is 2.26. The van der Waals surface area contributed by atoms with Gasteiger partial charge < -0.3 is 4.74 Å². The predicted octanol–water partition coefficient (Wildman–Crippen LogP) is 2.49. The topological polar surface area (TPSA) is 63.7 Å². The van der Waals surface area contributed by atoms with Crippen molar-refractivity contribution in [2.45, 2.75) is 12.8 Å². The molecular formula is C12H11BrN4O. The molecule has 18 heavy (non-hydrogen) atoms. The van der Waals surface area contributed by atoms with Crippen LogP contribution in [0.4, 0.5) is 0 Å². The van der Waals surface area contributed by atoms with Crippen LogP contribution in [0.25, 0.3) is 5.69 Å². The maximum atomic E-state index is 8.54. The Labute approximate surface area is 113 Å². The zero-order chi connectivity index (χ0) is 13.0. The largest absolute Gasteiger partial charge is 0.494 e. The van der Waals surface area contributed by atoms with Gasteiger partial charge in [0, 0.05) is 17.3 Å².